The van der Waals surface area contributed by atoms with E-state index in [9.17, 15) is 14.4 Å². The highest BCUT2D eigenvalue weighted by Crippen LogP contribution is 2.37. The summed E-state index contributed by atoms with van der Waals surface area (Å²) in [5.41, 5.74) is 2.77. The molecule has 1 aliphatic rings. The van der Waals surface area contributed by atoms with Crippen LogP contribution < -0.4 is 4.74 Å². The molecule has 6 nitrogen and oxygen atoms in total. The van der Waals surface area contributed by atoms with Gasteiger partial charge in [-0.2, -0.15) is 0 Å². The normalized spacial score (nSPS) is 15.2. The van der Waals surface area contributed by atoms with Crippen LogP contribution in [0.1, 0.15) is 76.0 Å². The molecule has 1 heterocycles. The van der Waals surface area contributed by atoms with Crippen molar-refractivity contribution >= 4 is 35.7 Å². The van der Waals surface area contributed by atoms with Crippen molar-refractivity contribution < 1.29 is 23.9 Å². The van der Waals surface area contributed by atoms with E-state index in [1.807, 2.05) is 23.6 Å². The van der Waals surface area contributed by atoms with E-state index in [4.69, 9.17) is 4.74 Å². The van der Waals surface area contributed by atoms with E-state index in [1.165, 1.54) is 25.8 Å². The van der Waals surface area contributed by atoms with E-state index < -0.39 is 0 Å². The Kier molecular flexibility index (Phi) is 8.92. The molecule has 0 aromatic heterocycles. The lowest BCUT2D eigenvalue weighted by Gasteiger charge is -2.23. The zero-order valence-electron chi connectivity index (χ0n) is 19.1. The second-order valence-corrected chi connectivity index (χ2v) is 8.97. The number of carbonyl (C=O) groups is 3. The van der Waals surface area contributed by atoms with Gasteiger partial charge in [0, 0.05) is 26.1 Å². The summed E-state index contributed by atoms with van der Waals surface area (Å²) in [5.74, 6) is 0.184. The zero-order valence-corrected chi connectivity index (χ0v) is 19.9. The van der Waals surface area contributed by atoms with Crippen molar-refractivity contribution in [2.75, 3.05) is 13.7 Å². The van der Waals surface area contributed by atoms with Gasteiger partial charge in [-0.1, -0.05) is 39.5 Å². The third kappa shape index (κ3) is 6.72. The standard InChI is InChI=1S/C24H31NO5S/c1-15(2)19-12-18(13-20(16(3)4)23(19)30-17(5)26)14-21-24(28)25(10-11-31-21)9-7-8-22(27)29-6/h10-16H,7-9H2,1-6H3/b21-14-. The van der Waals surface area contributed by atoms with Gasteiger partial charge in [0.25, 0.3) is 5.91 Å². The molecule has 0 atom stereocenters. The summed E-state index contributed by atoms with van der Waals surface area (Å²) in [7, 11) is 1.36. The lowest BCUT2D eigenvalue weighted by atomic mass is 9.91. The molecule has 0 fully saturated rings. The maximum absolute atomic E-state index is 12.9. The van der Waals surface area contributed by atoms with E-state index in [2.05, 4.69) is 32.4 Å². The Labute approximate surface area is 188 Å². The zero-order chi connectivity index (χ0) is 23.1. The van der Waals surface area contributed by atoms with Crippen molar-refractivity contribution in [3.8, 4) is 5.75 Å². The highest BCUT2D eigenvalue weighted by Gasteiger charge is 2.22. The number of ether oxygens (including phenoxy) is 2. The number of nitrogens with zero attached hydrogens (tertiary/aromatic N) is 1. The van der Waals surface area contributed by atoms with Crippen LogP contribution in [0, 0.1) is 0 Å². The van der Waals surface area contributed by atoms with Crippen LogP contribution in [0.5, 0.6) is 5.75 Å². The van der Waals surface area contributed by atoms with Crippen LogP contribution >= 0.6 is 11.8 Å². The summed E-state index contributed by atoms with van der Waals surface area (Å²) in [6.07, 6.45) is 4.42. The van der Waals surface area contributed by atoms with Crippen LogP contribution in [0.2, 0.25) is 0 Å². The lowest BCUT2D eigenvalue weighted by molar-refractivity contribution is -0.141. The van der Waals surface area contributed by atoms with Crippen LogP contribution in [0.25, 0.3) is 6.08 Å². The molecule has 2 rings (SSSR count). The average Bonchev–Trinajstić information content (AvgIpc) is 2.70. The van der Waals surface area contributed by atoms with Crippen LogP contribution in [0.3, 0.4) is 0 Å². The lowest BCUT2D eigenvalue weighted by Crippen LogP contribution is -2.29. The van der Waals surface area contributed by atoms with Gasteiger partial charge in [-0.3, -0.25) is 14.4 Å². The first-order chi connectivity index (χ1) is 14.6. The first-order valence-electron chi connectivity index (χ1n) is 10.4. The van der Waals surface area contributed by atoms with Gasteiger partial charge in [0.15, 0.2) is 0 Å². The first-order valence-corrected chi connectivity index (χ1v) is 11.3. The van der Waals surface area contributed by atoms with E-state index in [1.54, 1.807) is 11.1 Å². The fourth-order valence-corrected chi connectivity index (χ4v) is 4.03. The number of rotatable bonds is 8. The molecule has 0 spiro atoms. The van der Waals surface area contributed by atoms with Gasteiger partial charge in [-0.25, -0.2) is 0 Å². The van der Waals surface area contributed by atoms with Crippen molar-refractivity contribution in [3.05, 3.63) is 45.3 Å². The molecule has 0 aliphatic carbocycles. The van der Waals surface area contributed by atoms with Gasteiger partial charge < -0.3 is 14.4 Å². The number of hydrogen-bond donors (Lipinski definition) is 0. The molecule has 168 valence electrons. The number of thioether (sulfide) groups is 1. The number of methoxy groups -OCH3 is 1. The number of carbonyl (C=O) groups excluding carboxylic acids is 3. The minimum absolute atomic E-state index is 0.0985. The van der Waals surface area contributed by atoms with Gasteiger partial charge in [-0.15, -0.1) is 0 Å². The first kappa shape index (κ1) is 24.7. The smallest absolute Gasteiger partial charge is 0.308 e. The third-order valence-corrected chi connectivity index (χ3v) is 5.68. The van der Waals surface area contributed by atoms with Gasteiger partial charge in [-0.05, 0) is 58.6 Å². The van der Waals surface area contributed by atoms with Crippen LogP contribution in [0.15, 0.2) is 28.6 Å². The fourth-order valence-electron chi connectivity index (χ4n) is 3.26. The van der Waals surface area contributed by atoms with E-state index >= 15 is 0 Å². The van der Waals surface area contributed by atoms with Gasteiger partial charge in [0.1, 0.15) is 5.75 Å². The summed E-state index contributed by atoms with van der Waals surface area (Å²) < 4.78 is 10.2. The Morgan fingerprint density at radius 1 is 1.13 bits per heavy atom. The minimum Gasteiger partial charge on any atom is -0.469 e. The van der Waals surface area contributed by atoms with Gasteiger partial charge in [0.2, 0.25) is 0 Å². The molecule has 0 saturated heterocycles. The third-order valence-electron chi connectivity index (χ3n) is 4.87. The quantitative estimate of drug-likeness (QED) is 0.311. The number of hydrogen-bond acceptors (Lipinski definition) is 6. The number of benzene rings is 1. The van der Waals surface area contributed by atoms with Crippen LogP contribution in [-0.2, 0) is 19.1 Å². The van der Waals surface area contributed by atoms with E-state index in [0.717, 1.165) is 16.7 Å². The molecular weight excluding hydrogens is 414 g/mol. The monoisotopic (exact) mass is 445 g/mol. The van der Waals surface area contributed by atoms with Crippen molar-refractivity contribution in [1.29, 1.82) is 0 Å². The minimum atomic E-state index is -0.347. The largest absolute Gasteiger partial charge is 0.469 e. The predicted octanol–water partition coefficient (Wildman–Crippen LogP) is 5.20. The van der Waals surface area contributed by atoms with E-state index in [0.29, 0.717) is 23.6 Å². The highest BCUT2D eigenvalue weighted by atomic mass is 32.2. The van der Waals surface area contributed by atoms with Gasteiger partial charge in [0.05, 0.1) is 12.0 Å². The molecule has 1 aliphatic heterocycles. The maximum atomic E-state index is 12.9. The average molecular weight is 446 g/mol. The molecule has 1 aromatic carbocycles. The van der Waals surface area contributed by atoms with Crippen LogP contribution in [-0.4, -0.2) is 36.4 Å². The molecular formula is C24H31NO5S. The summed E-state index contributed by atoms with van der Waals surface area (Å²) in [6, 6.07) is 3.96. The number of esters is 2. The Bertz CT molecular complexity index is 872. The summed E-state index contributed by atoms with van der Waals surface area (Å²) in [6.45, 7) is 10.1. The second kappa shape index (κ2) is 11.2. The molecule has 1 amide bonds. The molecule has 0 bridgehead atoms. The molecule has 31 heavy (non-hydrogen) atoms. The highest BCUT2D eigenvalue weighted by molar-refractivity contribution is 8.06. The molecule has 0 N–H and O–H groups in total. The van der Waals surface area contributed by atoms with Crippen molar-refractivity contribution in [2.24, 2.45) is 0 Å². The second-order valence-electron chi connectivity index (χ2n) is 8.02. The topological polar surface area (TPSA) is 72.9 Å². The molecule has 0 radical (unpaired) electrons. The fraction of sp³-hybridized carbons (Fsp3) is 0.458. The van der Waals surface area contributed by atoms with Crippen molar-refractivity contribution in [3.63, 3.8) is 0 Å². The molecule has 1 aromatic rings. The maximum Gasteiger partial charge on any atom is 0.308 e. The Hall–Kier alpha value is -2.54. The summed E-state index contributed by atoms with van der Waals surface area (Å²) in [4.78, 5) is 38.1. The number of amides is 1. The van der Waals surface area contributed by atoms with Gasteiger partial charge >= 0.3 is 11.9 Å². The SMILES string of the molecule is COC(=O)CCCN1C=CS/C(=C\c2cc(C(C)C)c(OC(C)=O)c(C(C)C)c2)C1=O. The molecule has 7 heteroatoms. The Morgan fingerprint density at radius 2 is 1.74 bits per heavy atom. The Balaban J connectivity index is 2.35. The summed E-state index contributed by atoms with van der Waals surface area (Å²) >= 11 is 1.37. The Morgan fingerprint density at radius 3 is 2.26 bits per heavy atom. The van der Waals surface area contributed by atoms with E-state index in [-0.39, 0.29) is 36.1 Å². The van der Waals surface area contributed by atoms with Crippen LogP contribution in [0.4, 0.5) is 0 Å². The van der Waals surface area contributed by atoms with Crippen molar-refractivity contribution in [2.45, 2.75) is 59.3 Å². The van der Waals surface area contributed by atoms with Crippen molar-refractivity contribution in [1.82, 2.24) is 4.90 Å². The molecule has 0 unspecified atom stereocenters. The molecule has 0 saturated carbocycles. The summed E-state index contributed by atoms with van der Waals surface area (Å²) in [5, 5.41) is 1.87. The predicted molar refractivity (Wildman–Crippen MR) is 124 cm³/mol.